The van der Waals surface area contributed by atoms with Crippen molar-refractivity contribution in [2.45, 2.75) is 6.92 Å². The van der Waals surface area contributed by atoms with Crippen LogP contribution in [0.25, 0.3) is 6.08 Å². The third-order valence-electron chi connectivity index (χ3n) is 2.88. The highest BCUT2D eigenvalue weighted by molar-refractivity contribution is 5.94. The van der Waals surface area contributed by atoms with Crippen LogP contribution >= 0.6 is 0 Å². The summed E-state index contributed by atoms with van der Waals surface area (Å²) < 4.78 is 0. The van der Waals surface area contributed by atoms with Gasteiger partial charge < -0.3 is 15.3 Å². The zero-order valence-corrected chi connectivity index (χ0v) is 11.8. The highest BCUT2D eigenvalue weighted by Crippen LogP contribution is 2.06. The lowest BCUT2D eigenvalue weighted by Gasteiger charge is -2.17. The molecule has 0 radical (unpaired) electrons. The van der Waals surface area contributed by atoms with Gasteiger partial charge in [-0.1, -0.05) is 12.1 Å². The first-order valence-electron chi connectivity index (χ1n) is 6.52. The number of likely N-dealkylation sites (N-methyl/N-ethyl adjacent to an activating group) is 1. The van der Waals surface area contributed by atoms with Crippen molar-refractivity contribution in [1.82, 2.24) is 10.2 Å². The van der Waals surface area contributed by atoms with Gasteiger partial charge in [0.2, 0.25) is 5.91 Å². The molecule has 5 nitrogen and oxygen atoms in total. The van der Waals surface area contributed by atoms with E-state index < -0.39 is 0 Å². The van der Waals surface area contributed by atoms with Gasteiger partial charge in [0.25, 0.3) is 5.91 Å². The van der Waals surface area contributed by atoms with E-state index in [9.17, 15) is 9.59 Å². The van der Waals surface area contributed by atoms with Gasteiger partial charge in [-0.25, -0.2) is 0 Å². The van der Waals surface area contributed by atoms with Crippen LogP contribution in [0, 0.1) is 0 Å². The van der Waals surface area contributed by atoms with Gasteiger partial charge in [-0.2, -0.15) is 0 Å². The van der Waals surface area contributed by atoms with E-state index in [1.165, 1.54) is 6.08 Å². The Morgan fingerprint density at radius 2 is 1.95 bits per heavy atom. The molecular formula is C15H20N2O3. The fraction of sp³-hybridized carbons (Fsp3) is 0.333. The van der Waals surface area contributed by atoms with Crippen molar-refractivity contribution in [3.8, 4) is 0 Å². The van der Waals surface area contributed by atoms with Gasteiger partial charge in [0.15, 0.2) is 0 Å². The summed E-state index contributed by atoms with van der Waals surface area (Å²) in [5.41, 5.74) is 1.41. The minimum Gasteiger partial charge on any atom is -0.395 e. The van der Waals surface area contributed by atoms with Crippen LogP contribution in [-0.2, 0) is 4.79 Å². The number of nitrogens with one attached hydrogen (secondary N) is 1. The van der Waals surface area contributed by atoms with Gasteiger partial charge in [0, 0.05) is 31.8 Å². The molecule has 0 saturated carbocycles. The average Bonchev–Trinajstić information content (AvgIpc) is 2.49. The van der Waals surface area contributed by atoms with Gasteiger partial charge in [-0.05, 0) is 30.7 Å². The molecule has 0 atom stereocenters. The number of amides is 2. The molecule has 0 unspecified atom stereocenters. The largest absolute Gasteiger partial charge is 0.395 e. The van der Waals surface area contributed by atoms with Crippen molar-refractivity contribution in [3.05, 3.63) is 41.5 Å². The maximum Gasteiger partial charge on any atom is 0.251 e. The molecule has 2 amide bonds. The second-order valence-corrected chi connectivity index (χ2v) is 4.18. The lowest BCUT2D eigenvalue weighted by Crippen LogP contribution is -2.31. The fourth-order valence-electron chi connectivity index (χ4n) is 1.71. The number of carbonyl (C=O) groups excluding carboxylic acids is 2. The maximum atomic E-state index is 11.8. The molecule has 0 bridgehead atoms. The van der Waals surface area contributed by atoms with E-state index in [1.807, 2.05) is 6.92 Å². The molecule has 0 aliphatic carbocycles. The molecule has 0 aromatic heterocycles. The van der Waals surface area contributed by atoms with Gasteiger partial charge >= 0.3 is 0 Å². The minimum atomic E-state index is -0.142. The van der Waals surface area contributed by atoms with E-state index in [4.69, 9.17) is 5.11 Å². The van der Waals surface area contributed by atoms with Crippen LogP contribution < -0.4 is 5.32 Å². The van der Waals surface area contributed by atoms with Crippen molar-refractivity contribution in [1.29, 1.82) is 0 Å². The van der Waals surface area contributed by atoms with E-state index in [0.717, 1.165) is 5.56 Å². The van der Waals surface area contributed by atoms with E-state index in [0.29, 0.717) is 18.7 Å². The van der Waals surface area contributed by atoms with E-state index in [2.05, 4.69) is 5.32 Å². The predicted octanol–water partition coefficient (Wildman–Crippen LogP) is 0.900. The molecule has 5 heteroatoms. The Labute approximate surface area is 118 Å². The lowest BCUT2D eigenvalue weighted by atomic mass is 10.1. The molecule has 2 N–H and O–H groups in total. The molecule has 20 heavy (non-hydrogen) atoms. The number of nitrogens with zero attached hydrogens (tertiary/aromatic N) is 1. The van der Waals surface area contributed by atoms with E-state index in [1.54, 1.807) is 42.3 Å². The Morgan fingerprint density at radius 3 is 2.45 bits per heavy atom. The van der Waals surface area contributed by atoms with Gasteiger partial charge in [-0.15, -0.1) is 0 Å². The average molecular weight is 276 g/mol. The molecule has 0 aliphatic heterocycles. The minimum absolute atomic E-state index is 0.0474. The quantitative estimate of drug-likeness (QED) is 0.758. The number of rotatable bonds is 6. The van der Waals surface area contributed by atoms with Crippen molar-refractivity contribution in [2.75, 3.05) is 26.7 Å². The van der Waals surface area contributed by atoms with Gasteiger partial charge in [0.05, 0.1) is 6.61 Å². The molecule has 108 valence electrons. The summed E-state index contributed by atoms with van der Waals surface area (Å²) in [5.74, 6) is -0.284. The van der Waals surface area contributed by atoms with Crippen LogP contribution in [0.15, 0.2) is 30.3 Å². The summed E-state index contributed by atoms with van der Waals surface area (Å²) in [7, 11) is 1.58. The molecule has 0 aliphatic rings. The maximum absolute atomic E-state index is 11.8. The summed E-state index contributed by atoms with van der Waals surface area (Å²) in [6, 6.07) is 6.95. The number of aliphatic hydroxyl groups is 1. The second-order valence-electron chi connectivity index (χ2n) is 4.18. The molecule has 1 rings (SSSR count). The van der Waals surface area contributed by atoms with Gasteiger partial charge in [-0.3, -0.25) is 9.59 Å². The zero-order valence-electron chi connectivity index (χ0n) is 11.8. The van der Waals surface area contributed by atoms with E-state index >= 15 is 0 Å². The highest BCUT2D eigenvalue weighted by atomic mass is 16.3. The molecule has 0 heterocycles. The Bertz CT molecular complexity index is 480. The first-order chi connectivity index (χ1) is 9.62. The smallest absolute Gasteiger partial charge is 0.251 e. The topological polar surface area (TPSA) is 69.6 Å². The highest BCUT2D eigenvalue weighted by Gasteiger charge is 2.06. The first-order valence-corrected chi connectivity index (χ1v) is 6.52. The summed E-state index contributed by atoms with van der Waals surface area (Å²) in [6.45, 7) is 2.70. The van der Waals surface area contributed by atoms with Crippen LogP contribution in [-0.4, -0.2) is 48.6 Å². The third-order valence-corrected chi connectivity index (χ3v) is 2.88. The summed E-state index contributed by atoms with van der Waals surface area (Å²) in [4.78, 5) is 24.8. The Hall–Kier alpha value is -2.14. The van der Waals surface area contributed by atoms with Crippen molar-refractivity contribution in [2.24, 2.45) is 0 Å². The molecule has 1 aromatic rings. The van der Waals surface area contributed by atoms with Crippen LogP contribution in [0.2, 0.25) is 0 Å². The third kappa shape index (κ3) is 4.51. The Morgan fingerprint density at radius 1 is 1.30 bits per heavy atom. The fourth-order valence-corrected chi connectivity index (χ4v) is 1.71. The SMILES string of the molecule is CCN(CCO)C(=O)/C=C/c1ccc(C(=O)NC)cc1. The summed E-state index contributed by atoms with van der Waals surface area (Å²) in [6.07, 6.45) is 3.16. The molecule has 1 aromatic carbocycles. The number of aliphatic hydroxyl groups excluding tert-OH is 1. The molecule has 0 spiro atoms. The zero-order chi connectivity index (χ0) is 15.0. The Balaban J connectivity index is 2.70. The van der Waals surface area contributed by atoms with Crippen LogP contribution in [0.4, 0.5) is 0 Å². The van der Waals surface area contributed by atoms with Crippen molar-refractivity contribution >= 4 is 17.9 Å². The van der Waals surface area contributed by atoms with E-state index in [-0.39, 0.29) is 18.4 Å². The van der Waals surface area contributed by atoms with Crippen molar-refractivity contribution < 1.29 is 14.7 Å². The summed E-state index contributed by atoms with van der Waals surface area (Å²) in [5, 5.41) is 11.4. The predicted molar refractivity (Wildman–Crippen MR) is 78.2 cm³/mol. The normalized spacial score (nSPS) is 10.6. The molecule has 0 saturated heterocycles. The summed E-state index contributed by atoms with van der Waals surface area (Å²) >= 11 is 0. The Kier molecular flexibility index (Phi) is 6.46. The monoisotopic (exact) mass is 276 g/mol. The molecule has 0 fully saturated rings. The second kappa shape index (κ2) is 8.12. The van der Waals surface area contributed by atoms with Crippen LogP contribution in [0.3, 0.4) is 0 Å². The van der Waals surface area contributed by atoms with Crippen molar-refractivity contribution in [3.63, 3.8) is 0 Å². The van der Waals surface area contributed by atoms with Crippen LogP contribution in [0.5, 0.6) is 0 Å². The standard InChI is InChI=1S/C15H20N2O3/c1-3-17(10-11-18)14(19)9-6-12-4-7-13(8-5-12)15(20)16-2/h4-9,18H,3,10-11H2,1-2H3,(H,16,20)/b9-6+. The number of hydrogen-bond acceptors (Lipinski definition) is 3. The lowest BCUT2D eigenvalue weighted by molar-refractivity contribution is -0.126. The first kappa shape index (κ1) is 15.9. The van der Waals surface area contributed by atoms with Crippen LogP contribution in [0.1, 0.15) is 22.8 Å². The number of carbonyl (C=O) groups is 2. The number of hydrogen-bond donors (Lipinski definition) is 2. The van der Waals surface area contributed by atoms with Gasteiger partial charge in [0.1, 0.15) is 0 Å². The number of benzene rings is 1. The molecular weight excluding hydrogens is 256 g/mol.